The molecule has 0 aromatic heterocycles. The van der Waals surface area contributed by atoms with E-state index in [1.807, 2.05) is 24.3 Å². The largest absolute Gasteiger partial charge is 0.481 e. The highest BCUT2D eigenvalue weighted by Gasteiger charge is 2.43. The quantitative estimate of drug-likeness (QED) is 0.715. The van der Waals surface area contributed by atoms with Gasteiger partial charge in [0.2, 0.25) is 0 Å². The van der Waals surface area contributed by atoms with Crippen LogP contribution in [0.2, 0.25) is 0 Å². The second-order valence-corrected chi connectivity index (χ2v) is 4.76. The Bertz CT molecular complexity index is 409. The molecule has 17 heavy (non-hydrogen) atoms. The van der Waals surface area contributed by atoms with E-state index in [2.05, 4.69) is 0 Å². The first kappa shape index (κ1) is 12.1. The Morgan fingerprint density at radius 1 is 1.35 bits per heavy atom. The molecule has 0 aliphatic heterocycles. The average molecular weight is 235 g/mol. The number of aliphatic hydroxyl groups excluding tert-OH is 1. The van der Waals surface area contributed by atoms with Crippen molar-refractivity contribution in [3.05, 3.63) is 35.4 Å². The lowest BCUT2D eigenvalue weighted by atomic mass is 9.94. The molecule has 0 saturated heterocycles. The van der Waals surface area contributed by atoms with Gasteiger partial charge < -0.3 is 15.9 Å². The maximum Gasteiger partial charge on any atom is 0.305 e. The van der Waals surface area contributed by atoms with E-state index >= 15 is 0 Å². The lowest BCUT2D eigenvalue weighted by Crippen LogP contribution is -2.16. The van der Waals surface area contributed by atoms with Gasteiger partial charge in [-0.3, -0.25) is 4.79 Å². The minimum atomic E-state index is -0.893. The van der Waals surface area contributed by atoms with Crippen LogP contribution in [0.25, 0.3) is 0 Å². The van der Waals surface area contributed by atoms with Gasteiger partial charge in [-0.2, -0.15) is 0 Å². The maximum absolute atomic E-state index is 10.6. The van der Waals surface area contributed by atoms with Gasteiger partial charge in [-0.05, 0) is 24.0 Å². The fraction of sp³-hybridized carbons (Fsp3) is 0.462. The van der Waals surface area contributed by atoms with Gasteiger partial charge in [0.1, 0.15) is 0 Å². The normalized spacial score (nSPS) is 18.7. The molecular weight excluding hydrogens is 218 g/mol. The van der Waals surface area contributed by atoms with Gasteiger partial charge >= 0.3 is 5.97 Å². The van der Waals surface area contributed by atoms with Gasteiger partial charge in [0.05, 0.1) is 13.0 Å². The molecule has 0 radical (unpaired) electrons. The number of rotatable bonds is 5. The predicted octanol–water partition coefficient (Wildman–Crippen LogP) is 1.18. The second kappa shape index (κ2) is 4.47. The Morgan fingerprint density at radius 2 is 1.94 bits per heavy atom. The van der Waals surface area contributed by atoms with Crippen LogP contribution in [0.3, 0.4) is 0 Å². The van der Waals surface area contributed by atoms with E-state index in [9.17, 15) is 9.90 Å². The summed E-state index contributed by atoms with van der Waals surface area (Å²) < 4.78 is 0. The zero-order chi connectivity index (χ0) is 12.5. The van der Waals surface area contributed by atoms with Gasteiger partial charge in [0.15, 0.2) is 0 Å². The van der Waals surface area contributed by atoms with E-state index in [1.165, 1.54) is 0 Å². The van der Waals surface area contributed by atoms with Gasteiger partial charge in [-0.15, -0.1) is 0 Å². The SMILES string of the molecule is NC(CC(=O)O)c1ccc(C2(CO)CC2)cc1. The summed E-state index contributed by atoms with van der Waals surface area (Å²) in [5.41, 5.74) is 7.67. The molecule has 1 aliphatic carbocycles. The zero-order valence-electron chi connectivity index (χ0n) is 9.60. The smallest absolute Gasteiger partial charge is 0.305 e. The Balaban J connectivity index is 2.10. The van der Waals surface area contributed by atoms with Crippen molar-refractivity contribution in [3.63, 3.8) is 0 Å². The van der Waals surface area contributed by atoms with Crippen molar-refractivity contribution in [2.45, 2.75) is 30.7 Å². The third kappa shape index (κ3) is 2.48. The summed E-state index contributed by atoms with van der Waals surface area (Å²) in [4.78, 5) is 10.6. The molecule has 0 spiro atoms. The van der Waals surface area contributed by atoms with Gasteiger partial charge in [-0.25, -0.2) is 0 Å². The van der Waals surface area contributed by atoms with Crippen molar-refractivity contribution < 1.29 is 15.0 Å². The fourth-order valence-corrected chi connectivity index (χ4v) is 2.08. The number of benzene rings is 1. The first-order valence-electron chi connectivity index (χ1n) is 5.76. The number of aliphatic carboxylic acids is 1. The van der Waals surface area contributed by atoms with Crippen molar-refractivity contribution in [1.82, 2.24) is 0 Å². The van der Waals surface area contributed by atoms with Crippen LogP contribution in [0.5, 0.6) is 0 Å². The molecule has 4 nitrogen and oxygen atoms in total. The molecule has 1 saturated carbocycles. The molecule has 1 aromatic rings. The topological polar surface area (TPSA) is 83.6 Å². The molecular formula is C13H17NO3. The number of carboxylic acids is 1. The van der Waals surface area contributed by atoms with Crippen LogP contribution in [-0.2, 0) is 10.2 Å². The van der Waals surface area contributed by atoms with E-state index in [0.29, 0.717) is 0 Å². The summed E-state index contributed by atoms with van der Waals surface area (Å²) >= 11 is 0. The van der Waals surface area contributed by atoms with Crippen molar-refractivity contribution in [2.75, 3.05) is 6.61 Å². The van der Waals surface area contributed by atoms with Crippen LogP contribution in [0.4, 0.5) is 0 Å². The maximum atomic E-state index is 10.6. The fourth-order valence-electron chi connectivity index (χ4n) is 2.08. The summed E-state index contributed by atoms with van der Waals surface area (Å²) in [7, 11) is 0. The first-order chi connectivity index (χ1) is 8.07. The summed E-state index contributed by atoms with van der Waals surface area (Å²) in [6.07, 6.45) is 1.97. The lowest BCUT2D eigenvalue weighted by Gasteiger charge is -2.14. The van der Waals surface area contributed by atoms with E-state index in [-0.39, 0.29) is 18.4 Å². The molecule has 4 heteroatoms. The third-order valence-corrected chi connectivity index (χ3v) is 3.50. The molecule has 1 aromatic carbocycles. The minimum absolute atomic E-state index is 0.0462. The zero-order valence-corrected chi connectivity index (χ0v) is 9.60. The van der Waals surface area contributed by atoms with Gasteiger partial charge in [-0.1, -0.05) is 24.3 Å². The van der Waals surface area contributed by atoms with Crippen LogP contribution in [0, 0.1) is 0 Å². The Morgan fingerprint density at radius 3 is 2.35 bits per heavy atom. The Hall–Kier alpha value is -1.39. The van der Waals surface area contributed by atoms with Crippen LogP contribution in [0.15, 0.2) is 24.3 Å². The molecule has 1 unspecified atom stereocenters. The number of nitrogens with two attached hydrogens (primary N) is 1. The van der Waals surface area contributed by atoms with Gasteiger partial charge in [0.25, 0.3) is 0 Å². The monoisotopic (exact) mass is 235 g/mol. The van der Waals surface area contributed by atoms with Crippen LogP contribution < -0.4 is 5.73 Å². The second-order valence-electron chi connectivity index (χ2n) is 4.76. The van der Waals surface area contributed by atoms with Crippen molar-refractivity contribution in [2.24, 2.45) is 5.73 Å². The number of hydrogen-bond acceptors (Lipinski definition) is 3. The summed E-state index contributed by atoms with van der Waals surface area (Å²) in [5.74, 6) is -0.893. The van der Waals surface area contributed by atoms with Crippen molar-refractivity contribution >= 4 is 5.97 Å². The van der Waals surface area contributed by atoms with Crippen LogP contribution >= 0.6 is 0 Å². The van der Waals surface area contributed by atoms with Crippen molar-refractivity contribution in [3.8, 4) is 0 Å². The average Bonchev–Trinajstić information content (AvgIpc) is 3.09. The summed E-state index contributed by atoms with van der Waals surface area (Å²) in [6, 6.07) is 7.14. The van der Waals surface area contributed by atoms with E-state index < -0.39 is 12.0 Å². The molecule has 0 heterocycles. The molecule has 1 aliphatic rings. The molecule has 92 valence electrons. The van der Waals surface area contributed by atoms with E-state index in [0.717, 1.165) is 24.0 Å². The highest BCUT2D eigenvalue weighted by atomic mass is 16.4. The predicted molar refractivity (Wildman–Crippen MR) is 63.6 cm³/mol. The minimum Gasteiger partial charge on any atom is -0.481 e. The first-order valence-corrected chi connectivity index (χ1v) is 5.76. The highest BCUT2D eigenvalue weighted by molar-refractivity contribution is 5.67. The van der Waals surface area contributed by atoms with Crippen LogP contribution in [-0.4, -0.2) is 22.8 Å². The van der Waals surface area contributed by atoms with E-state index in [1.54, 1.807) is 0 Å². The Kier molecular flexibility index (Phi) is 3.17. The Labute approximate surface area is 100 Å². The number of carbonyl (C=O) groups is 1. The summed E-state index contributed by atoms with van der Waals surface area (Å²) in [5, 5.41) is 18.0. The summed E-state index contributed by atoms with van der Waals surface area (Å²) in [6.45, 7) is 0.174. The van der Waals surface area contributed by atoms with Crippen LogP contribution in [0.1, 0.15) is 36.4 Å². The number of hydrogen-bond donors (Lipinski definition) is 3. The highest BCUT2D eigenvalue weighted by Crippen LogP contribution is 2.47. The third-order valence-electron chi connectivity index (χ3n) is 3.50. The molecule has 0 bridgehead atoms. The van der Waals surface area contributed by atoms with Gasteiger partial charge in [0, 0.05) is 11.5 Å². The lowest BCUT2D eigenvalue weighted by molar-refractivity contribution is -0.137. The molecule has 2 rings (SSSR count). The molecule has 1 fully saturated rings. The molecule has 4 N–H and O–H groups in total. The van der Waals surface area contributed by atoms with E-state index in [4.69, 9.17) is 10.8 Å². The molecule has 0 amide bonds. The number of aliphatic hydroxyl groups is 1. The molecule has 1 atom stereocenters. The van der Waals surface area contributed by atoms with Crippen molar-refractivity contribution in [1.29, 1.82) is 0 Å². The standard InChI is InChI=1S/C13H17NO3/c14-11(7-12(16)17)9-1-3-10(4-2-9)13(8-15)5-6-13/h1-4,11,15H,5-8,14H2,(H,16,17). The number of carboxylic acid groups (broad SMARTS) is 1.